The van der Waals surface area contributed by atoms with Crippen molar-refractivity contribution >= 4 is 34.0 Å². The van der Waals surface area contributed by atoms with E-state index < -0.39 is 0 Å². The van der Waals surface area contributed by atoms with Crippen LogP contribution in [0.15, 0.2) is 11.1 Å². The molecule has 0 atom stereocenters. The fraction of sp³-hybridized carbons (Fsp3) is 0.333. The molecule has 25 heavy (non-hydrogen) atoms. The summed E-state index contributed by atoms with van der Waals surface area (Å²) in [5.41, 5.74) is 3.90. The van der Waals surface area contributed by atoms with E-state index in [1.165, 1.54) is 28.0 Å². The minimum absolute atomic E-state index is 0.151. The van der Waals surface area contributed by atoms with Crippen molar-refractivity contribution in [3.05, 3.63) is 38.9 Å². The molecule has 1 amide bonds. The van der Waals surface area contributed by atoms with Crippen molar-refractivity contribution < 1.29 is 4.79 Å². The average Bonchev–Trinajstić information content (AvgIpc) is 3.13. The molecule has 0 aromatic carbocycles. The SMILES string of the molecule is Cc1cc(C)c(C#N)c(SCC(=O)Nc2sc3c(c2C#N)CCC3)n1. The Kier molecular flexibility index (Phi) is 5.08. The molecule has 0 saturated carbocycles. The van der Waals surface area contributed by atoms with Crippen LogP contribution in [-0.4, -0.2) is 16.6 Å². The molecule has 2 heterocycles. The van der Waals surface area contributed by atoms with Crippen molar-refractivity contribution in [3.63, 3.8) is 0 Å². The van der Waals surface area contributed by atoms with E-state index >= 15 is 0 Å². The number of carbonyl (C=O) groups excluding carboxylic acids is 1. The number of aryl methyl sites for hydroxylation is 3. The smallest absolute Gasteiger partial charge is 0.235 e. The number of anilines is 1. The normalized spacial score (nSPS) is 12.3. The van der Waals surface area contributed by atoms with Crippen LogP contribution in [0, 0.1) is 36.5 Å². The predicted molar refractivity (Wildman–Crippen MR) is 98.8 cm³/mol. The van der Waals surface area contributed by atoms with Gasteiger partial charge in [-0.3, -0.25) is 4.79 Å². The number of aromatic nitrogens is 1. The van der Waals surface area contributed by atoms with Crippen LogP contribution in [0.2, 0.25) is 0 Å². The van der Waals surface area contributed by atoms with Crippen molar-refractivity contribution in [2.75, 3.05) is 11.1 Å². The number of fused-ring (bicyclic) bond motifs is 1. The molecule has 0 aliphatic heterocycles. The zero-order valence-electron chi connectivity index (χ0n) is 14.0. The van der Waals surface area contributed by atoms with Crippen molar-refractivity contribution in [2.45, 2.75) is 38.1 Å². The van der Waals surface area contributed by atoms with Gasteiger partial charge in [-0.05, 0) is 50.3 Å². The topological polar surface area (TPSA) is 89.6 Å². The maximum absolute atomic E-state index is 12.3. The lowest BCUT2D eigenvalue weighted by Crippen LogP contribution is -2.14. The monoisotopic (exact) mass is 368 g/mol. The summed E-state index contributed by atoms with van der Waals surface area (Å²) in [4.78, 5) is 17.9. The molecule has 2 aromatic heterocycles. The summed E-state index contributed by atoms with van der Waals surface area (Å²) >= 11 is 2.75. The van der Waals surface area contributed by atoms with E-state index in [0.29, 0.717) is 21.2 Å². The highest BCUT2D eigenvalue weighted by Crippen LogP contribution is 2.38. The third kappa shape index (κ3) is 3.53. The lowest BCUT2D eigenvalue weighted by atomic mass is 10.1. The van der Waals surface area contributed by atoms with Gasteiger partial charge in [0.25, 0.3) is 0 Å². The molecule has 126 valence electrons. The Bertz CT molecular complexity index is 934. The number of hydrogen-bond donors (Lipinski definition) is 1. The first kappa shape index (κ1) is 17.5. The number of amides is 1. The third-order valence-electron chi connectivity index (χ3n) is 4.05. The zero-order chi connectivity index (χ0) is 18.0. The van der Waals surface area contributed by atoms with E-state index in [1.54, 1.807) is 0 Å². The molecule has 0 spiro atoms. The Labute approximate surface area is 154 Å². The number of thiophene rings is 1. The molecule has 7 heteroatoms. The number of rotatable bonds is 4. The quantitative estimate of drug-likeness (QED) is 0.831. The van der Waals surface area contributed by atoms with Crippen LogP contribution in [0.25, 0.3) is 0 Å². The minimum Gasteiger partial charge on any atom is -0.316 e. The fourth-order valence-corrected chi connectivity index (χ4v) is 5.11. The van der Waals surface area contributed by atoms with Gasteiger partial charge in [-0.15, -0.1) is 11.3 Å². The molecule has 1 aliphatic carbocycles. The highest BCUT2D eigenvalue weighted by atomic mass is 32.2. The number of nitrogens with zero attached hydrogens (tertiary/aromatic N) is 3. The Morgan fingerprint density at radius 1 is 1.32 bits per heavy atom. The lowest BCUT2D eigenvalue weighted by molar-refractivity contribution is -0.113. The van der Waals surface area contributed by atoms with Crippen molar-refractivity contribution in [3.8, 4) is 12.1 Å². The standard InChI is InChI=1S/C18H16N4OS2/c1-10-6-11(2)21-17(13(10)7-19)24-9-16(23)22-18-14(8-20)12-4-3-5-15(12)25-18/h6H,3-5,9H2,1-2H3,(H,22,23). The second kappa shape index (κ2) is 7.26. The van der Waals surface area contributed by atoms with Gasteiger partial charge in [0.2, 0.25) is 5.91 Å². The molecule has 0 bridgehead atoms. The Hall–Kier alpha value is -2.35. The van der Waals surface area contributed by atoms with Crippen LogP contribution in [-0.2, 0) is 17.6 Å². The van der Waals surface area contributed by atoms with Crippen molar-refractivity contribution in [1.82, 2.24) is 4.98 Å². The van der Waals surface area contributed by atoms with Gasteiger partial charge in [0, 0.05) is 10.6 Å². The van der Waals surface area contributed by atoms with E-state index in [9.17, 15) is 15.3 Å². The third-order valence-corrected chi connectivity index (χ3v) is 6.23. The summed E-state index contributed by atoms with van der Waals surface area (Å²) < 4.78 is 0. The molecule has 0 unspecified atom stereocenters. The Morgan fingerprint density at radius 3 is 2.80 bits per heavy atom. The molecule has 1 aliphatic rings. The van der Waals surface area contributed by atoms with Crippen LogP contribution in [0.1, 0.15) is 39.2 Å². The van der Waals surface area contributed by atoms with Gasteiger partial charge in [0.15, 0.2) is 0 Å². The van der Waals surface area contributed by atoms with Gasteiger partial charge in [-0.2, -0.15) is 10.5 Å². The van der Waals surface area contributed by atoms with Crippen LogP contribution in [0.4, 0.5) is 5.00 Å². The van der Waals surface area contributed by atoms with Crippen molar-refractivity contribution in [1.29, 1.82) is 10.5 Å². The second-order valence-electron chi connectivity index (χ2n) is 5.88. The van der Waals surface area contributed by atoms with Crippen molar-refractivity contribution in [2.24, 2.45) is 0 Å². The van der Waals surface area contributed by atoms with E-state index in [2.05, 4.69) is 22.4 Å². The highest BCUT2D eigenvalue weighted by Gasteiger charge is 2.23. The molecular weight excluding hydrogens is 352 g/mol. The Morgan fingerprint density at radius 2 is 2.08 bits per heavy atom. The van der Waals surface area contributed by atoms with E-state index in [-0.39, 0.29) is 11.7 Å². The molecule has 0 saturated heterocycles. The van der Waals surface area contributed by atoms with Crippen LogP contribution in [0.5, 0.6) is 0 Å². The minimum atomic E-state index is -0.189. The fourth-order valence-electron chi connectivity index (χ4n) is 2.95. The number of nitrogens with one attached hydrogen (secondary N) is 1. The van der Waals surface area contributed by atoms with Gasteiger partial charge in [0.05, 0.1) is 16.9 Å². The van der Waals surface area contributed by atoms with E-state index in [1.807, 2.05) is 19.9 Å². The number of nitriles is 2. The molecular formula is C18H16N4OS2. The lowest BCUT2D eigenvalue weighted by Gasteiger charge is -2.07. The molecule has 0 radical (unpaired) electrons. The molecule has 2 aromatic rings. The molecule has 1 N–H and O–H groups in total. The highest BCUT2D eigenvalue weighted by molar-refractivity contribution is 8.00. The summed E-state index contributed by atoms with van der Waals surface area (Å²) in [7, 11) is 0. The first-order valence-corrected chi connectivity index (χ1v) is 9.69. The maximum atomic E-state index is 12.3. The van der Waals surface area contributed by atoms with Gasteiger partial charge in [-0.1, -0.05) is 11.8 Å². The van der Waals surface area contributed by atoms with Gasteiger partial charge >= 0.3 is 0 Å². The average molecular weight is 368 g/mol. The van der Waals surface area contributed by atoms with Crippen LogP contribution < -0.4 is 5.32 Å². The molecule has 3 rings (SSSR count). The summed E-state index contributed by atoms with van der Waals surface area (Å²) in [6.45, 7) is 3.73. The largest absolute Gasteiger partial charge is 0.316 e. The van der Waals surface area contributed by atoms with Gasteiger partial charge in [0.1, 0.15) is 22.2 Å². The van der Waals surface area contributed by atoms with Gasteiger partial charge < -0.3 is 5.32 Å². The first-order valence-electron chi connectivity index (χ1n) is 7.89. The number of thioether (sulfide) groups is 1. The maximum Gasteiger partial charge on any atom is 0.235 e. The number of pyridine rings is 1. The molecule has 0 fully saturated rings. The predicted octanol–water partition coefficient (Wildman–Crippen LogP) is 3.72. The van der Waals surface area contributed by atoms with Crippen LogP contribution >= 0.6 is 23.1 Å². The summed E-state index contributed by atoms with van der Waals surface area (Å²) in [6.07, 6.45) is 2.98. The molecule has 5 nitrogen and oxygen atoms in total. The van der Waals surface area contributed by atoms with E-state index in [0.717, 1.165) is 36.1 Å². The van der Waals surface area contributed by atoms with Crippen LogP contribution in [0.3, 0.4) is 0 Å². The first-order chi connectivity index (χ1) is 12.0. The van der Waals surface area contributed by atoms with Gasteiger partial charge in [-0.25, -0.2) is 4.98 Å². The summed E-state index contributed by atoms with van der Waals surface area (Å²) in [5, 5.41) is 22.7. The number of hydrogen-bond acceptors (Lipinski definition) is 6. The second-order valence-corrected chi connectivity index (χ2v) is 7.95. The zero-order valence-corrected chi connectivity index (χ0v) is 15.6. The summed E-state index contributed by atoms with van der Waals surface area (Å²) in [5.74, 6) is -0.0378. The summed E-state index contributed by atoms with van der Waals surface area (Å²) in [6, 6.07) is 6.23. The number of carbonyl (C=O) groups is 1. The van der Waals surface area contributed by atoms with E-state index in [4.69, 9.17) is 0 Å². The Balaban J connectivity index is 1.71.